The predicted octanol–water partition coefficient (Wildman–Crippen LogP) is 5.15. The highest BCUT2D eigenvalue weighted by Crippen LogP contribution is 2.35. The van der Waals surface area contributed by atoms with Crippen LogP contribution in [-0.2, 0) is 10.0 Å². The van der Waals surface area contributed by atoms with Gasteiger partial charge in [-0.15, -0.1) is 12.4 Å². The van der Waals surface area contributed by atoms with E-state index in [1.165, 1.54) is 34.8 Å². The van der Waals surface area contributed by atoms with Gasteiger partial charge in [-0.05, 0) is 75.6 Å². The molecular formula is C27H31ClN4O4S2. The van der Waals surface area contributed by atoms with Crippen molar-refractivity contribution in [1.82, 2.24) is 9.88 Å². The molecular weight excluding hydrogens is 544 g/mol. The maximum absolute atomic E-state index is 13.7. The molecule has 0 radical (unpaired) electrons. The molecule has 0 aliphatic carbocycles. The van der Waals surface area contributed by atoms with Crippen LogP contribution in [0.25, 0.3) is 10.2 Å². The van der Waals surface area contributed by atoms with Gasteiger partial charge in [0.05, 0.1) is 22.4 Å². The van der Waals surface area contributed by atoms with E-state index in [9.17, 15) is 13.2 Å². The lowest BCUT2D eigenvalue weighted by Crippen LogP contribution is -2.33. The molecule has 38 heavy (non-hydrogen) atoms. The second-order valence-corrected chi connectivity index (χ2v) is 11.7. The number of carbonyl (C=O) groups is 1. The van der Waals surface area contributed by atoms with Gasteiger partial charge < -0.3 is 9.64 Å². The van der Waals surface area contributed by atoms with Crippen molar-refractivity contribution in [3.8, 4) is 5.75 Å². The van der Waals surface area contributed by atoms with Crippen LogP contribution >= 0.6 is 23.7 Å². The molecule has 202 valence electrons. The molecule has 0 N–H and O–H groups in total. The smallest absolute Gasteiger partial charge is 0.264 e. The normalized spacial score (nSPS) is 11.3. The van der Waals surface area contributed by atoms with Crippen molar-refractivity contribution in [2.45, 2.75) is 11.3 Å². The van der Waals surface area contributed by atoms with Gasteiger partial charge in [-0.2, -0.15) is 0 Å². The number of amides is 1. The number of thiazole rings is 1. The molecule has 3 aromatic carbocycles. The third-order valence-electron chi connectivity index (χ3n) is 5.93. The van der Waals surface area contributed by atoms with Crippen LogP contribution in [-0.4, -0.2) is 65.6 Å². The van der Waals surface area contributed by atoms with Gasteiger partial charge in [0.15, 0.2) is 5.13 Å². The Hall–Kier alpha value is -3.18. The summed E-state index contributed by atoms with van der Waals surface area (Å²) in [5, 5.41) is 0.573. The molecule has 1 aromatic heterocycles. The van der Waals surface area contributed by atoms with Crippen LogP contribution in [0.2, 0.25) is 0 Å². The maximum atomic E-state index is 13.7. The zero-order valence-electron chi connectivity index (χ0n) is 21.7. The highest BCUT2D eigenvalue weighted by molar-refractivity contribution is 7.92. The fourth-order valence-electron chi connectivity index (χ4n) is 3.88. The van der Waals surface area contributed by atoms with E-state index < -0.39 is 10.0 Å². The Morgan fingerprint density at radius 3 is 2.24 bits per heavy atom. The highest BCUT2D eigenvalue weighted by atomic mass is 35.5. The minimum atomic E-state index is -3.78. The Kier molecular flexibility index (Phi) is 9.72. The predicted molar refractivity (Wildman–Crippen MR) is 157 cm³/mol. The Morgan fingerprint density at radius 2 is 1.61 bits per heavy atom. The van der Waals surface area contributed by atoms with Gasteiger partial charge in [-0.3, -0.25) is 14.0 Å². The molecule has 0 fully saturated rings. The van der Waals surface area contributed by atoms with Crippen molar-refractivity contribution in [3.05, 3.63) is 78.4 Å². The van der Waals surface area contributed by atoms with E-state index in [2.05, 4.69) is 4.90 Å². The number of fused-ring (bicyclic) bond motifs is 1. The zero-order chi connectivity index (χ0) is 26.6. The SMILES string of the molecule is COc1cccc2sc(N(CCCN(C)C)C(=O)c3ccc(S(=O)(=O)N(C)c4ccccc4)cc3)nc12.Cl. The van der Waals surface area contributed by atoms with Gasteiger partial charge in [0.25, 0.3) is 15.9 Å². The van der Waals surface area contributed by atoms with E-state index in [1.54, 1.807) is 48.4 Å². The van der Waals surface area contributed by atoms with Crippen molar-refractivity contribution in [2.75, 3.05) is 50.5 Å². The molecule has 4 aromatic rings. The quantitative estimate of drug-likeness (QED) is 0.260. The summed E-state index contributed by atoms with van der Waals surface area (Å²) in [5.41, 5.74) is 1.65. The number of para-hydroxylation sites is 2. The van der Waals surface area contributed by atoms with Gasteiger partial charge in [0.1, 0.15) is 11.3 Å². The summed E-state index contributed by atoms with van der Waals surface area (Å²) in [6.07, 6.45) is 0.750. The van der Waals surface area contributed by atoms with E-state index in [1.807, 2.05) is 38.4 Å². The average Bonchev–Trinajstić information content (AvgIpc) is 3.35. The van der Waals surface area contributed by atoms with E-state index in [4.69, 9.17) is 9.72 Å². The van der Waals surface area contributed by atoms with Crippen molar-refractivity contribution in [1.29, 1.82) is 0 Å². The van der Waals surface area contributed by atoms with Crippen LogP contribution in [0.15, 0.2) is 77.7 Å². The van der Waals surface area contributed by atoms with E-state index in [-0.39, 0.29) is 23.2 Å². The summed E-state index contributed by atoms with van der Waals surface area (Å²) in [6.45, 7) is 1.27. The Balaban J connectivity index is 0.00000400. The maximum Gasteiger partial charge on any atom is 0.264 e. The fraction of sp³-hybridized carbons (Fsp3) is 0.259. The first-order chi connectivity index (χ1) is 17.7. The van der Waals surface area contributed by atoms with Crippen LogP contribution in [0.5, 0.6) is 5.75 Å². The van der Waals surface area contributed by atoms with Gasteiger partial charge in [0, 0.05) is 19.2 Å². The van der Waals surface area contributed by atoms with E-state index in [0.29, 0.717) is 34.2 Å². The van der Waals surface area contributed by atoms with Crippen LogP contribution in [0.3, 0.4) is 0 Å². The van der Waals surface area contributed by atoms with Crippen molar-refractivity contribution < 1.29 is 17.9 Å². The molecule has 1 amide bonds. The number of rotatable bonds is 10. The third-order valence-corrected chi connectivity index (χ3v) is 8.78. The Morgan fingerprint density at radius 1 is 0.921 bits per heavy atom. The number of ether oxygens (including phenoxy) is 1. The van der Waals surface area contributed by atoms with Gasteiger partial charge in [-0.1, -0.05) is 35.6 Å². The summed E-state index contributed by atoms with van der Waals surface area (Å²) in [7, 11) is 3.30. The highest BCUT2D eigenvalue weighted by Gasteiger charge is 2.25. The summed E-state index contributed by atoms with van der Waals surface area (Å²) in [4.78, 5) is 22.2. The Bertz CT molecular complexity index is 1480. The summed E-state index contributed by atoms with van der Waals surface area (Å²) in [6, 6.07) is 20.6. The number of hydrogen-bond donors (Lipinski definition) is 0. The van der Waals surface area contributed by atoms with Crippen LogP contribution in [0.1, 0.15) is 16.8 Å². The van der Waals surface area contributed by atoms with Crippen LogP contribution in [0, 0.1) is 0 Å². The van der Waals surface area contributed by atoms with Crippen LogP contribution in [0.4, 0.5) is 10.8 Å². The fourth-order valence-corrected chi connectivity index (χ4v) is 6.08. The number of methoxy groups -OCH3 is 1. The lowest BCUT2D eigenvalue weighted by molar-refractivity contribution is 0.0986. The van der Waals surface area contributed by atoms with Crippen molar-refractivity contribution in [3.63, 3.8) is 0 Å². The van der Waals surface area contributed by atoms with E-state index >= 15 is 0 Å². The molecule has 0 spiro atoms. The topological polar surface area (TPSA) is 83.0 Å². The van der Waals surface area contributed by atoms with Crippen molar-refractivity contribution >= 4 is 60.7 Å². The first-order valence-corrected chi connectivity index (χ1v) is 14.0. The van der Waals surface area contributed by atoms with E-state index in [0.717, 1.165) is 17.7 Å². The number of carbonyl (C=O) groups excluding carboxylic acids is 1. The zero-order valence-corrected chi connectivity index (χ0v) is 24.1. The van der Waals surface area contributed by atoms with Gasteiger partial charge in [0.2, 0.25) is 0 Å². The molecule has 0 aliphatic heterocycles. The summed E-state index contributed by atoms with van der Waals surface area (Å²) < 4.78 is 33.9. The molecule has 0 unspecified atom stereocenters. The van der Waals surface area contributed by atoms with Gasteiger partial charge >= 0.3 is 0 Å². The lowest BCUT2D eigenvalue weighted by Gasteiger charge is -2.22. The van der Waals surface area contributed by atoms with Crippen molar-refractivity contribution in [2.24, 2.45) is 0 Å². The molecule has 0 saturated heterocycles. The molecule has 0 atom stereocenters. The summed E-state index contributed by atoms with van der Waals surface area (Å²) in [5.74, 6) is 0.412. The summed E-state index contributed by atoms with van der Waals surface area (Å²) >= 11 is 1.42. The number of sulfonamides is 1. The lowest BCUT2D eigenvalue weighted by atomic mass is 10.2. The third kappa shape index (κ3) is 6.27. The standard InChI is InChI=1S/C27H30N4O4S2.ClH/c1-29(2)18-9-19-31(27-28-25-23(35-4)12-8-13-24(25)36-27)26(32)20-14-16-22(17-15-20)37(33,34)30(3)21-10-6-5-7-11-21;/h5-8,10-17H,9,18-19H2,1-4H3;1H. The van der Waals surface area contributed by atoms with Crippen LogP contribution < -0.4 is 13.9 Å². The number of anilines is 2. The molecule has 1 heterocycles. The number of nitrogens with zero attached hydrogens (tertiary/aromatic N) is 4. The first kappa shape index (κ1) is 29.4. The Labute approximate surface area is 233 Å². The molecule has 0 aliphatic rings. The first-order valence-electron chi connectivity index (χ1n) is 11.8. The molecule has 11 heteroatoms. The number of benzene rings is 3. The minimum Gasteiger partial charge on any atom is -0.494 e. The second-order valence-electron chi connectivity index (χ2n) is 8.75. The van der Waals surface area contributed by atoms with Gasteiger partial charge in [-0.25, -0.2) is 13.4 Å². The molecule has 8 nitrogen and oxygen atoms in total. The molecule has 0 saturated carbocycles. The monoisotopic (exact) mass is 574 g/mol. The second kappa shape index (κ2) is 12.6. The molecule has 0 bridgehead atoms. The number of aromatic nitrogens is 1. The molecule has 4 rings (SSSR count). The average molecular weight is 575 g/mol. The largest absolute Gasteiger partial charge is 0.494 e. The number of halogens is 1. The number of hydrogen-bond acceptors (Lipinski definition) is 7. The minimum absolute atomic E-state index is 0.